The zero-order valence-electron chi connectivity index (χ0n) is 14.3. The van der Waals surface area contributed by atoms with Gasteiger partial charge in [-0.2, -0.15) is 13.2 Å². The minimum atomic E-state index is -4.35. The second-order valence-electron chi connectivity index (χ2n) is 6.48. The molecule has 2 N–H and O–H groups in total. The molecule has 0 aliphatic carbocycles. The summed E-state index contributed by atoms with van der Waals surface area (Å²) in [6.45, 7) is 2.09. The third kappa shape index (κ3) is 4.43. The van der Waals surface area contributed by atoms with Gasteiger partial charge in [0.25, 0.3) is 5.91 Å². The Morgan fingerprint density at radius 1 is 1.15 bits per heavy atom. The molecule has 0 saturated carbocycles. The maximum Gasteiger partial charge on any atom is 0.416 e. The average molecular weight is 362 g/mol. The topological polar surface area (TPSA) is 41.1 Å². The first-order chi connectivity index (χ1) is 12.4. The van der Waals surface area contributed by atoms with Crippen LogP contribution in [0.3, 0.4) is 0 Å². The van der Waals surface area contributed by atoms with Gasteiger partial charge in [0.1, 0.15) is 0 Å². The van der Waals surface area contributed by atoms with Gasteiger partial charge in [-0.1, -0.05) is 36.4 Å². The lowest BCUT2D eigenvalue weighted by molar-refractivity contribution is -0.137. The molecule has 1 saturated heterocycles. The van der Waals surface area contributed by atoms with Crippen LogP contribution in [0, 0.1) is 0 Å². The Morgan fingerprint density at radius 2 is 1.96 bits per heavy atom. The molecule has 3 nitrogen and oxygen atoms in total. The van der Waals surface area contributed by atoms with Crippen LogP contribution in [0.4, 0.5) is 13.2 Å². The average Bonchev–Trinajstić information content (AvgIpc) is 3.16. The molecule has 1 heterocycles. The van der Waals surface area contributed by atoms with Crippen molar-refractivity contribution in [1.82, 2.24) is 10.6 Å². The lowest BCUT2D eigenvalue weighted by atomic mass is 9.93. The van der Waals surface area contributed by atoms with Gasteiger partial charge in [-0.3, -0.25) is 4.79 Å². The van der Waals surface area contributed by atoms with E-state index in [1.165, 1.54) is 6.07 Å². The molecular formula is C20H21F3N2O. The van der Waals surface area contributed by atoms with E-state index >= 15 is 0 Å². The van der Waals surface area contributed by atoms with E-state index in [4.69, 9.17) is 0 Å². The largest absolute Gasteiger partial charge is 0.416 e. The number of halogens is 3. The summed E-state index contributed by atoms with van der Waals surface area (Å²) in [6.07, 6.45) is -3.01. The molecule has 2 aromatic carbocycles. The first-order valence-corrected chi connectivity index (χ1v) is 8.69. The van der Waals surface area contributed by atoms with Crippen molar-refractivity contribution in [3.63, 3.8) is 0 Å². The highest BCUT2D eigenvalue weighted by molar-refractivity contribution is 5.95. The van der Waals surface area contributed by atoms with E-state index in [1.807, 2.05) is 18.2 Å². The van der Waals surface area contributed by atoms with Crippen LogP contribution in [0.1, 0.15) is 39.4 Å². The molecule has 0 aromatic heterocycles. The number of carbonyl (C=O) groups is 1. The number of hydrogen-bond donors (Lipinski definition) is 2. The molecule has 1 atom stereocenters. The van der Waals surface area contributed by atoms with Crippen LogP contribution >= 0.6 is 0 Å². The predicted octanol–water partition coefficient (Wildman–Crippen LogP) is 3.75. The fourth-order valence-corrected chi connectivity index (χ4v) is 3.30. The Labute approximate surface area is 150 Å². The first kappa shape index (κ1) is 18.5. The van der Waals surface area contributed by atoms with Crippen molar-refractivity contribution in [2.45, 2.75) is 24.9 Å². The summed E-state index contributed by atoms with van der Waals surface area (Å²) in [5, 5.41) is 6.12. The predicted molar refractivity (Wildman–Crippen MR) is 94.2 cm³/mol. The van der Waals surface area contributed by atoms with Gasteiger partial charge in [-0.05, 0) is 48.6 Å². The van der Waals surface area contributed by atoms with Crippen molar-refractivity contribution in [3.05, 3.63) is 70.8 Å². The van der Waals surface area contributed by atoms with Crippen molar-refractivity contribution < 1.29 is 18.0 Å². The molecule has 0 radical (unpaired) electrons. The summed E-state index contributed by atoms with van der Waals surface area (Å²) in [4.78, 5) is 12.5. The van der Waals surface area contributed by atoms with Crippen molar-refractivity contribution in [2.24, 2.45) is 0 Å². The van der Waals surface area contributed by atoms with E-state index in [1.54, 1.807) is 12.1 Å². The second-order valence-corrected chi connectivity index (χ2v) is 6.48. The number of alkyl halides is 3. The van der Waals surface area contributed by atoms with Gasteiger partial charge in [0, 0.05) is 18.7 Å². The Bertz CT molecular complexity index is 768. The lowest BCUT2D eigenvalue weighted by Gasteiger charge is -2.15. The molecule has 26 heavy (non-hydrogen) atoms. The van der Waals surface area contributed by atoms with E-state index in [9.17, 15) is 18.0 Å². The van der Waals surface area contributed by atoms with E-state index in [0.29, 0.717) is 23.5 Å². The third-order valence-electron chi connectivity index (χ3n) is 4.66. The van der Waals surface area contributed by atoms with E-state index in [-0.39, 0.29) is 12.5 Å². The number of nitrogens with one attached hydrogen (secondary N) is 2. The highest BCUT2D eigenvalue weighted by Gasteiger charge is 2.30. The molecule has 0 bridgehead atoms. The Kier molecular flexibility index (Phi) is 5.61. The molecule has 0 spiro atoms. The normalized spacial score (nSPS) is 17.3. The van der Waals surface area contributed by atoms with Crippen LogP contribution in [0.2, 0.25) is 0 Å². The smallest absolute Gasteiger partial charge is 0.352 e. The molecule has 1 unspecified atom stereocenters. The van der Waals surface area contributed by atoms with Crippen molar-refractivity contribution in [2.75, 3.05) is 19.6 Å². The Balaban J connectivity index is 1.62. The SMILES string of the molecule is O=C(NCCc1cccc(C(F)(F)F)c1)c1ccccc1C1CCNC1. The van der Waals surface area contributed by atoms with Gasteiger partial charge < -0.3 is 10.6 Å². The first-order valence-electron chi connectivity index (χ1n) is 8.69. The van der Waals surface area contributed by atoms with Crippen molar-refractivity contribution in [3.8, 4) is 0 Å². The Morgan fingerprint density at radius 3 is 2.69 bits per heavy atom. The quantitative estimate of drug-likeness (QED) is 0.850. The molecule has 1 amide bonds. The lowest BCUT2D eigenvalue weighted by Crippen LogP contribution is -2.27. The summed E-state index contributed by atoms with van der Waals surface area (Å²) in [6, 6.07) is 12.7. The number of hydrogen-bond acceptors (Lipinski definition) is 2. The second kappa shape index (κ2) is 7.91. The zero-order valence-corrected chi connectivity index (χ0v) is 14.3. The maximum atomic E-state index is 12.8. The monoisotopic (exact) mass is 362 g/mol. The fraction of sp³-hybridized carbons (Fsp3) is 0.350. The summed E-state index contributed by atoms with van der Waals surface area (Å²) in [7, 11) is 0. The van der Waals surface area contributed by atoms with Gasteiger partial charge in [0.05, 0.1) is 5.56 Å². The molecule has 6 heteroatoms. The van der Waals surface area contributed by atoms with Crippen LogP contribution in [-0.2, 0) is 12.6 Å². The summed E-state index contributed by atoms with van der Waals surface area (Å²) < 4.78 is 38.3. The molecular weight excluding hydrogens is 341 g/mol. The number of carbonyl (C=O) groups excluding carboxylic acids is 1. The number of benzene rings is 2. The maximum absolute atomic E-state index is 12.8. The molecule has 3 rings (SSSR count). The van der Waals surface area contributed by atoms with Gasteiger partial charge in [0.15, 0.2) is 0 Å². The minimum absolute atomic E-state index is 0.181. The molecule has 138 valence electrons. The highest BCUT2D eigenvalue weighted by Crippen LogP contribution is 2.29. The molecule has 2 aromatic rings. The van der Waals surface area contributed by atoms with Gasteiger partial charge in [-0.15, -0.1) is 0 Å². The Hall–Kier alpha value is -2.34. The molecule has 1 fully saturated rings. The fourth-order valence-electron chi connectivity index (χ4n) is 3.30. The van der Waals surface area contributed by atoms with Crippen LogP contribution in [0.5, 0.6) is 0 Å². The highest BCUT2D eigenvalue weighted by atomic mass is 19.4. The summed E-state index contributed by atoms with van der Waals surface area (Å²) >= 11 is 0. The van der Waals surface area contributed by atoms with Crippen LogP contribution in [0.25, 0.3) is 0 Å². The number of rotatable bonds is 5. The molecule has 1 aliphatic heterocycles. The number of amides is 1. The summed E-state index contributed by atoms with van der Waals surface area (Å²) in [5.74, 6) is 0.139. The van der Waals surface area contributed by atoms with Crippen LogP contribution < -0.4 is 10.6 Å². The zero-order chi connectivity index (χ0) is 18.6. The van der Waals surface area contributed by atoms with Crippen molar-refractivity contribution >= 4 is 5.91 Å². The summed E-state index contributed by atoms with van der Waals surface area (Å²) in [5.41, 5.74) is 1.55. The van der Waals surface area contributed by atoms with Crippen LogP contribution in [-0.4, -0.2) is 25.5 Å². The van der Waals surface area contributed by atoms with Gasteiger partial charge >= 0.3 is 6.18 Å². The third-order valence-corrected chi connectivity index (χ3v) is 4.66. The van der Waals surface area contributed by atoms with Gasteiger partial charge in [0.2, 0.25) is 0 Å². The van der Waals surface area contributed by atoms with Crippen LogP contribution in [0.15, 0.2) is 48.5 Å². The molecule has 1 aliphatic rings. The van der Waals surface area contributed by atoms with E-state index < -0.39 is 11.7 Å². The minimum Gasteiger partial charge on any atom is -0.352 e. The van der Waals surface area contributed by atoms with E-state index in [0.717, 1.165) is 37.2 Å². The van der Waals surface area contributed by atoms with Crippen molar-refractivity contribution in [1.29, 1.82) is 0 Å². The van der Waals surface area contributed by atoms with E-state index in [2.05, 4.69) is 10.6 Å². The van der Waals surface area contributed by atoms with Gasteiger partial charge in [-0.25, -0.2) is 0 Å². The standard InChI is InChI=1S/C20H21F3N2O/c21-20(22,23)16-5-3-4-14(12-16)8-11-25-19(26)18-7-2-1-6-17(18)15-9-10-24-13-15/h1-7,12,15,24H,8-11,13H2,(H,25,26).